The van der Waals surface area contributed by atoms with E-state index in [4.69, 9.17) is 4.98 Å². The molecule has 0 bridgehead atoms. The molecule has 1 saturated heterocycles. The van der Waals surface area contributed by atoms with Gasteiger partial charge in [0.15, 0.2) is 5.13 Å². The number of piperazine rings is 1. The lowest BCUT2D eigenvalue weighted by Gasteiger charge is -2.39. The van der Waals surface area contributed by atoms with Gasteiger partial charge in [0, 0.05) is 25.7 Å². The Labute approximate surface area is 131 Å². The Morgan fingerprint density at radius 3 is 2.86 bits per heavy atom. The van der Waals surface area contributed by atoms with Crippen LogP contribution in [0.4, 0.5) is 5.13 Å². The number of hydrogen-bond acceptors (Lipinski definition) is 5. The van der Waals surface area contributed by atoms with Crippen molar-refractivity contribution in [2.75, 3.05) is 31.6 Å². The smallest absolute Gasteiger partial charge is 0.185 e. The molecule has 2 unspecified atom stereocenters. The van der Waals surface area contributed by atoms with E-state index < -0.39 is 0 Å². The third-order valence-corrected chi connectivity index (χ3v) is 6.19. The first-order valence-electron chi connectivity index (χ1n) is 8.02. The minimum atomic E-state index is -0.329. The number of aromatic nitrogens is 1. The van der Waals surface area contributed by atoms with Crippen LogP contribution in [0.2, 0.25) is 0 Å². The number of fused-ring (bicyclic) bond motifs is 1. The van der Waals surface area contributed by atoms with Gasteiger partial charge in [-0.3, -0.25) is 4.90 Å². The molecule has 0 saturated carbocycles. The topological polar surface area (TPSA) is 39.6 Å². The summed E-state index contributed by atoms with van der Waals surface area (Å²) in [6, 6.07) is 0.612. The number of likely N-dealkylation sites (N-methyl/N-ethyl adjacent to an activating group) is 1. The van der Waals surface area contributed by atoms with Gasteiger partial charge in [-0.1, -0.05) is 32.1 Å². The van der Waals surface area contributed by atoms with E-state index in [1.807, 2.05) is 0 Å². The molecule has 0 radical (unpaired) electrons. The summed E-state index contributed by atoms with van der Waals surface area (Å²) in [4.78, 5) is 10.8. The molecule has 2 aliphatic rings. The van der Waals surface area contributed by atoms with Crippen LogP contribution in [0.5, 0.6) is 0 Å². The monoisotopic (exact) mass is 309 g/mol. The van der Waals surface area contributed by atoms with Gasteiger partial charge in [-0.05, 0) is 31.7 Å². The molecule has 21 heavy (non-hydrogen) atoms. The van der Waals surface area contributed by atoms with Crippen molar-refractivity contribution in [3.8, 4) is 0 Å². The van der Waals surface area contributed by atoms with Crippen LogP contribution in [0.1, 0.15) is 50.3 Å². The van der Waals surface area contributed by atoms with Crippen LogP contribution >= 0.6 is 11.3 Å². The molecule has 1 N–H and O–H groups in total. The molecular formula is C16H27N3OS. The van der Waals surface area contributed by atoms with Crippen molar-refractivity contribution < 1.29 is 5.11 Å². The Morgan fingerprint density at radius 2 is 2.14 bits per heavy atom. The molecular weight excluding hydrogens is 282 g/mol. The molecule has 2 heterocycles. The van der Waals surface area contributed by atoms with Crippen LogP contribution in [0.3, 0.4) is 0 Å². The quantitative estimate of drug-likeness (QED) is 0.912. The standard InChI is InChI=1S/C16H27N3OS/c1-5-11-10-19(7-6-18(11)4)15-17-12-8-16(2,3)9-13(20)14(12)21-15/h11,13,20H,5-10H2,1-4H3. The number of aliphatic hydroxyl groups is 1. The van der Waals surface area contributed by atoms with E-state index in [1.165, 1.54) is 6.42 Å². The van der Waals surface area contributed by atoms with Crippen LogP contribution in [0, 0.1) is 5.41 Å². The number of hydrogen-bond donors (Lipinski definition) is 1. The molecule has 1 aromatic heterocycles. The average Bonchev–Trinajstić information content (AvgIpc) is 2.82. The Morgan fingerprint density at radius 1 is 1.38 bits per heavy atom. The van der Waals surface area contributed by atoms with Crippen LogP contribution in [0.15, 0.2) is 0 Å². The molecule has 1 aliphatic heterocycles. The summed E-state index contributed by atoms with van der Waals surface area (Å²) in [5.74, 6) is 0. The molecule has 2 atom stereocenters. The van der Waals surface area contributed by atoms with E-state index >= 15 is 0 Å². The van der Waals surface area contributed by atoms with Gasteiger partial charge in [0.1, 0.15) is 0 Å². The average molecular weight is 309 g/mol. The van der Waals surface area contributed by atoms with Crippen LogP contribution in [0.25, 0.3) is 0 Å². The molecule has 3 rings (SSSR count). The largest absolute Gasteiger partial charge is 0.387 e. The second kappa shape index (κ2) is 5.52. The summed E-state index contributed by atoms with van der Waals surface area (Å²) < 4.78 is 0. The summed E-state index contributed by atoms with van der Waals surface area (Å²) >= 11 is 1.71. The lowest BCUT2D eigenvalue weighted by Crippen LogP contribution is -2.51. The zero-order chi connectivity index (χ0) is 15.2. The summed E-state index contributed by atoms with van der Waals surface area (Å²) in [7, 11) is 2.21. The van der Waals surface area contributed by atoms with Gasteiger partial charge in [0.25, 0.3) is 0 Å². The van der Waals surface area contributed by atoms with E-state index in [2.05, 4.69) is 37.6 Å². The lowest BCUT2D eigenvalue weighted by atomic mass is 9.77. The molecule has 1 aromatic rings. The van der Waals surface area contributed by atoms with E-state index in [-0.39, 0.29) is 11.5 Å². The first-order valence-corrected chi connectivity index (χ1v) is 8.84. The SMILES string of the molecule is CCC1CN(c2nc3c(s2)C(O)CC(C)(C)C3)CCN1C. The third kappa shape index (κ3) is 2.96. The van der Waals surface area contributed by atoms with Gasteiger partial charge in [0.05, 0.1) is 16.7 Å². The maximum atomic E-state index is 10.4. The molecule has 1 aliphatic carbocycles. The van der Waals surface area contributed by atoms with Crippen molar-refractivity contribution in [1.29, 1.82) is 0 Å². The minimum Gasteiger partial charge on any atom is -0.387 e. The van der Waals surface area contributed by atoms with Gasteiger partial charge in [-0.2, -0.15) is 0 Å². The van der Waals surface area contributed by atoms with Crippen molar-refractivity contribution in [2.24, 2.45) is 5.41 Å². The highest BCUT2D eigenvalue weighted by molar-refractivity contribution is 7.15. The Balaban J connectivity index is 1.82. The normalized spacial score (nSPS) is 29.5. The first-order chi connectivity index (χ1) is 9.89. The Bertz CT molecular complexity index is 514. The Kier molecular flexibility index (Phi) is 4.01. The van der Waals surface area contributed by atoms with Gasteiger partial charge in [-0.25, -0.2) is 4.98 Å². The molecule has 0 aromatic carbocycles. The van der Waals surface area contributed by atoms with Crippen LogP contribution in [-0.4, -0.2) is 47.7 Å². The van der Waals surface area contributed by atoms with E-state index in [1.54, 1.807) is 11.3 Å². The highest BCUT2D eigenvalue weighted by Crippen LogP contribution is 2.44. The Hall–Kier alpha value is -0.650. The maximum Gasteiger partial charge on any atom is 0.185 e. The molecule has 1 fully saturated rings. The molecule has 118 valence electrons. The lowest BCUT2D eigenvalue weighted by molar-refractivity contribution is 0.102. The highest BCUT2D eigenvalue weighted by Gasteiger charge is 2.35. The predicted molar refractivity (Wildman–Crippen MR) is 88.1 cm³/mol. The third-order valence-electron chi connectivity index (χ3n) is 4.93. The van der Waals surface area contributed by atoms with E-state index in [0.717, 1.165) is 48.2 Å². The summed E-state index contributed by atoms with van der Waals surface area (Å²) in [6.45, 7) is 9.89. The zero-order valence-electron chi connectivity index (χ0n) is 13.6. The fourth-order valence-corrected chi connectivity index (χ4v) is 4.68. The van der Waals surface area contributed by atoms with Crippen molar-refractivity contribution in [3.05, 3.63) is 10.6 Å². The van der Waals surface area contributed by atoms with Crippen molar-refractivity contribution in [2.45, 2.75) is 52.2 Å². The van der Waals surface area contributed by atoms with Gasteiger partial charge in [0.2, 0.25) is 0 Å². The van der Waals surface area contributed by atoms with Crippen LogP contribution in [-0.2, 0) is 6.42 Å². The number of rotatable bonds is 2. The fourth-order valence-electron chi connectivity index (χ4n) is 3.58. The summed E-state index contributed by atoms with van der Waals surface area (Å²) in [5, 5.41) is 11.5. The maximum absolute atomic E-state index is 10.4. The van der Waals surface area contributed by atoms with E-state index in [9.17, 15) is 5.11 Å². The number of anilines is 1. The molecule has 5 heteroatoms. The molecule has 0 amide bonds. The van der Waals surface area contributed by atoms with Crippen molar-refractivity contribution in [1.82, 2.24) is 9.88 Å². The number of nitrogens with zero attached hydrogens (tertiary/aromatic N) is 3. The van der Waals surface area contributed by atoms with Crippen molar-refractivity contribution in [3.63, 3.8) is 0 Å². The highest BCUT2D eigenvalue weighted by atomic mass is 32.1. The number of aliphatic hydroxyl groups excluding tert-OH is 1. The van der Waals surface area contributed by atoms with E-state index in [0.29, 0.717) is 6.04 Å². The predicted octanol–water partition coefficient (Wildman–Crippen LogP) is 2.68. The minimum absolute atomic E-state index is 0.159. The summed E-state index contributed by atoms with van der Waals surface area (Å²) in [6.07, 6.45) is 2.68. The number of thiazole rings is 1. The first kappa shape index (κ1) is 15.3. The second-order valence-electron chi connectivity index (χ2n) is 7.36. The summed E-state index contributed by atoms with van der Waals surface area (Å²) in [5.41, 5.74) is 1.29. The van der Waals surface area contributed by atoms with Crippen molar-refractivity contribution >= 4 is 16.5 Å². The zero-order valence-corrected chi connectivity index (χ0v) is 14.4. The molecule has 4 nitrogen and oxygen atoms in total. The van der Waals surface area contributed by atoms with Gasteiger partial charge in [-0.15, -0.1) is 0 Å². The second-order valence-corrected chi connectivity index (χ2v) is 8.37. The molecule has 0 spiro atoms. The van der Waals surface area contributed by atoms with Gasteiger partial charge < -0.3 is 10.0 Å². The fraction of sp³-hybridized carbons (Fsp3) is 0.812. The van der Waals surface area contributed by atoms with Crippen LogP contribution < -0.4 is 4.90 Å². The van der Waals surface area contributed by atoms with Gasteiger partial charge >= 0.3 is 0 Å².